The van der Waals surface area contributed by atoms with Crippen molar-refractivity contribution in [2.75, 3.05) is 45.9 Å². The van der Waals surface area contributed by atoms with Gasteiger partial charge in [0, 0.05) is 36.9 Å². The topological polar surface area (TPSA) is 24.5 Å². The van der Waals surface area contributed by atoms with Gasteiger partial charge in [0.25, 0.3) is 0 Å². The number of nitrogens with zero attached hydrogens (tertiary/aromatic N) is 1. The van der Waals surface area contributed by atoms with Crippen molar-refractivity contribution >= 4 is 11.8 Å². The molecule has 96 valence electrons. The van der Waals surface area contributed by atoms with Crippen molar-refractivity contribution in [3.63, 3.8) is 0 Å². The highest BCUT2D eigenvalue weighted by Crippen LogP contribution is 2.17. The summed E-state index contributed by atoms with van der Waals surface area (Å²) in [5.74, 6) is 1.84. The van der Waals surface area contributed by atoms with Crippen LogP contribution < -0.4 is 5.32 Å². The highest BCUT2D eigenvalue weighted by molar-refractivity contribution is 7.98. The van der Waals surface area contributed by atoms with E-state index in [1.807, 2.05) is 11.8 Å². The summed E-state index contributed by atoms with van der Waals surface area (Å²) in [5, 5.41) is 3.42. The molecular formula is C12H26N2OS. The normalized spacial score (nSPS) is 28.3. The first-order valence-electron chi connectivity index (χ1n) is 6.13. The summed E-state index contributed by atoms with van der Waals surface area (Å²) in [6, 6.07) is 1.27. The Morgan fingerprint density at radius 1 is 1.56 bits per heavy atom. The zero-order valence-corrected chi connectivity index (χ0v) is 11.8. The SMILES string of the molecule is CNC1CCOCC1CN(C)C(C)CSC. The van der Waals surface area contributed by atoms with Crippen molar-refractivity contribution in [2.45, 2.75) is 25.4 Å². The van der Waals surface area contributed by atoms with Gasteiger partial charge in [0.2, 0.25) is 0 Å². The van der Waals surface area contributed by atoms with E-state index in [4.69, 9.17) is 4.74 Å². The number of ether oxygens (including phenoxy) is 1. The molecular weight excluding hydrogens is 220 g/mol. The van der Waals surface area contributed by atoms with E-state index in [9.17, 15) is 0 Å². The molecule has 1 aliphatic rings. The fourth-order valence-electron chi connectivity index (χ4n) is 2.28. The lowest BCUT2D eigenvalue weighted by molar-refractivity contribution is 0.0185. The maximum Gasteiger partial charge on any atom is 0.0521 e. The van der Waals surface area contributed by atoms with E-state index in [2.05, 4.69) is 37.5 Å². The van der Waals surface area contributed by atoms with Crippen molar-refractivity contribution in [2.24, 2.45) is 5.92 Å². The van der Waals surface area contributed by atoms with Crippen LogP contribution in [0.3, 0.4) is 0 Å². The maximum atomic E-state index is 5.58. The van der Waals surface area contributed by atoms with E-state index >= 15 is 0 Å². The molecule has 0 aliphatic carbocycles. The van der Waals surface area contributed by atoms with E-state index in [-0.39, 0.29) is 0 Å². The molecule has 0 radical (unpaired) electrons. The fraction of sp³-hybridized carbons (Fsp3) is 1.00. The molecule has 0 saturated carbocycles. The first-order chi connectivity index (χ1) is 7.69. The Bertz CT molecular complexity index is 192. The lowest BCUT2D eigenvalue weighted by Crippen LogP contribution is -2.47. The molecule has 0 bridgehead atoms. The number of thioether (sulfide) groups is 1. The third-order valence-electron chi connectivity index (χ3n) is 3.53. The van der Waals surface area contributed by atoms with Gasteiger partial charge in [-0.05, 0) is 33.7 Å². The second-order valence-corrected chi connectivity index (χ2v) is 5.67. The standard InChI is InChI=1S/C12H26N2OS/c1-10(9-16-4)14(3)7-11-8-15-6-5-12(11)13-2/h10-13H,5-9H2,1-4H3. The van der Waals surface area contributed by atoms with E-state index in [1.54, 1.807) is 0 Å². The van der Waals surface area contributed by atoms with E-state index in [1.165, 1.54) is 5.75 Å². The summed E-state index contributed by atoms with van der Waals surface area (Å²) in [4.78, 5) is 2.46. The molecule has 1 fully saturated rings. The van der Waals surface area contributed by atoms with Gasteiger partial charge in [-0.2, -0.15) is 11.8 Å². The van der Waals surface area contributed by atoms with Gasteiger partial charge < -0.3 is 15.0 Å². The first-order valence-corrected chi connectivity index (χ1v) is 7.52. The summed E-state index contributed by atoms with van der Waals surface area (Å²) >= 11 is 1.92. The smallest absolute Gasteiger partial charge is 0.0521 e. The Hall–Kier alpha value is 0.230. The molecule has 3 atom stereocenters. The molecule has 1 heterocycles. The van der Waals surface area contributed by atoms with Gasteiger partial charge in [0.1, 0.15) is 0 Å². The number of hydrogen-bond acceptors (Lipinski definition) is 4. The molecule has 3 unspecified atom stereocenters. The summed E-state index contributed by atoms with van der Waals surface area (Å²) < 4.78 is 5.58. The van der Waals surface area contributed by atoms with Crippen molar-refractivity contribution in [3.8, 4) is 0 Å². The minimum Gasteiger partial charge on any atom is -0.381 e. The van der Waals surface area contributed by atoms with Crippen LogP contribution in [0.15, 0.2) is 0 Å². The zero-order chi connectivity index (χ0) is 12.0. The van der Waals surface area contributed by atoms with Crippen LogP contribution in [-0.2, 0) is 4.74 Å². The summed E-state index contributed by atoms with van der Waals surface area (Å²) in [5.41, 5.74) is 0. The minimum absolute atomic E-state index is 0.623. The molecule has 0 aromatic carbocycles. The molecule has 0 amide bonds. The van der Waals surface area contributed by atoms with E-state index in [0.717, 1.165) is 26.2 Å². The fourth-order valence-corrected chi connectivity index (χ4v) is 3.01. The minimum atomic E-state index is 0.623. The van der Waals surface area contributed by atoms with Crippen LogP contribution >= 0.6 is 11.8 Å². The Kier molecular flexibility index (Phi) is 6.73. The van der Waals surface area contributed by atoms with Crippen LogP contribution in [0.4, 0.5) is 0 Å². The molecule has 1 saturated heterocycles. The molecule has 1 rings (SSSR count). The van der Waals surface area contributed by atoms with Crippen LogP contribution in [0.25, 0.3) is 0 Å². The monoisotopic (exact) mass is 246 g/mol. The lowest BCUT2D eigenvalue weighted by Gasteiger charge is -2.36. The van der Waals surface area contributed by atoms with E-state index < -0.39 is 0 Å². The second-order valence-electron chi connectivity index (χ2n) is 4.76. The van der Waals surface area contributed by atoms with Crippen LogP contribution in [0, 0.1) is 5.92 Å². The van der Waals surface area contributed by atoms with Crippen molar-refractivity contribution in [3.05, 3.63) is 0 Å². The molecule has 1 N–H and O–H groups in total. The van der Waals surface area contributed by atoms with Crippen LogP contribution in [0.2, 0.25) is 0 Å². The molecule has 3 nitrogen and oxygen atoms in total. The lowest BCUT2D eigenvalue weighted by atomic mass is 9.95. The third-order valence-corrected chi connectivity index (χ3v) is 4.34. The van der Waals surface area contributed by atoms with Gasteiger partial charge in [-0.15, -0.1) is 0 Å². The van der Waals surface area contributed by atoms with Gasteiger partial charge in [-0.3, -0.25) is 0 Å². The van der Waals surface area contributed by atoms with Gasteiger partial charge in [0.15, 0.2) is 0 Å². The van der Waals surface area contributed by atoms with Gasteiger partial charge in [-0.25, -0.2) is 0 Å². The highest BCUT2D eigenvalue weighted by atomic mass is 32.2. The predicted molar refractivity (Wildman–Crippen MR) is 72.2 cm³/mol. The summed E-state index contributed by atoms with van der Waals surface area (Å²) in [6.07, 6.45) is 3.32. The molecule has 0 aromatic rings. The maximum absolute atomic E-state index is 5.58. The van der Waals surface area contributed by atoms with Gasteiger partial charge in [-0.1, -0.05) is 0 Å². The molecule has 0 spiro atoms. The van der Waals surface area contributed by atoms with Crippen LogP contribution in [-0.4, -0.2) is 62.8 Å². The van der Waals surface area contributed by atoms with Crippen molar-refractivity contribution < 1.29 is 4.74 Å². The number of rotatable bonds is 6. The summed E-state index contributed by atoms with van der Waals surface area (Å²) in [7, 11) is 4.29. The third kappa shape index (κ3) is 4.24. The predicted octanol–water partition coefficient (Wildman–Crippen LogP) is 1.29. The van der Waals surface area contributed by atoms with Gasteiger partial charge in [0.05, 0.1) is 6.61 Å². The van der Waals surface area contributed by atoms with Gasteiger partial charge >= 0.3 is 0 Å². The molecule has 4 heteroatoms. The average molecular weight is 246 g/mol. The van der Waals surface area contributed by atoms with E-state index in [0.29, 0.717) is 18.0 Å². The number of hydrogen-bond donors (Lipinski definition) is 1. The quantitative estimate of drug-likeness (QED) is 0.763. The zero-order valence-electron chi connectivity index (χ0n) is 11.0. The summed E-state index contributed by atoms with van der Waals surface area (Å²) in [6.45, 7) is 5.25. The Labute approximate surface area is 104 Å². The Morgan fingerprint density at radius 2 is 2.31 bits per heavy atom. The second kappa shape index (κ2) is 7.54. The molecule has 1 aliphatic heterocycles. The first kappa shape index (κ1) is 14.3. The van der Waals surface area contributed by atoms with Crippen LogP contribution in [0.1, 0.15) is 13.3 Å². The Morgan fingerprint density at radius 3 is 2.94 bits per heavy atom. The molecule has 16 heavy (non-hydrogen) atoms. The largest absolute Gasteiger partial charge is 0.381 e. The van der Waals surface area contributed by atoms with Crippen LogP contribution in [0.5, 0.6) is 0 Å². The Balaban J connectivity index is 2.38. The van der Waals surface area contributed by atoms with Crippen molar-refractivity contribution in [1.82, 2.24) is 10.2 Å². The molecule has 0 aromatic heterocycles. The average Bonchev–Trinajstić information content (AvgIpc) is 2.30. The number of nitrogens with one attached hydrogen (secondary N) is 1. The highest BCUT2D eigenvalue weighted by Gasteiger charge is 2.26. The van der Waals surface area contributed by atoms with Crippen molar-refractivity contribution in [1.29, 1.82) is 0 Å².